The molecule has 1 aromatic rings. The smallest absolute Gasteiger partial charge is 0.256 e. The maximum Gasteiger partial charge on any atom is 0.256 e. The van der Waals surface area contributed by atoms with E-state index < -0.39 is 5.83 Å². The van der Waals surface area contributed by atoms with Gasteiger partial charge in [-0.3, -0.25) is 25.0 Å². The molecule has 0 radical (unpaired) electrons. The Bertz CT molecular complexity index is 838. The van der Waals surface area contributed by atoms with Crippen LogP contribution in [0, 0.1) is 5.41 Å². The highest BCUT2D eigenvalue weighted by molar-refractivity contribution is 6.14. The SMILES string of the molecule is C=N/C(CC)=C(F)\C=N/CN1CCN(C(=O)c2ccccc2N/N=C\C=N)CCO1. The molecule has 0 spiro atoms. The summed E-state index contributed by atoms with van der Waals surface area (Å²) in [5.41, 5.74) is 4.06. The number of nitrogens with zero attached hydrogens (tertiary/aromatic N) is 5. The van der Waals surface area contributed by atoms with Crippen LogP contribution < -0.4 is 5.43 Å². The zero-order valence-corrected chi connectivity index (χ0v) is 16.9. The van der Waals surface area contributed by atoms with Gasteiger partial charge in [0.25, 0.3) is 5.91 Å². The topological polar surface area (TPSA) is 106 Å². The molecule has 0 aromatic heterocycles. The van der Waals surface area contributed by atoms with Crippen molar-refractivity contribution < 1.29 is 14.0 Å². The lowest BCUT2D eigenvalue weighted by Gasteiger charge is -2.21. The fourth-order valence-electron chi connectivity index (χ4n) is 2.73. The van der Waals surface area contributed by atoms with Crippen molar-refractivity contribution in [3.63, 3.8) is 0 Å². The van der Waals surface area contributed by atoms with Gasteiger partial charge in [0.1, 0.15) is 6.67 Å². The summed E-state index contributed by atoms with van der Waals surface area (Å²) in [5, 5.41) is 12.4. The molecule has 9 nitrogen and oxygen atoms in total. The lowest BCUT2D eigenvalue weighted by atomic mass is 10.1. The van der Waals surface area contributed by atoms with Gasteiger partial charge in [-0.1, -0.05) is 19.1 Å². The second-order valence-corrected chi connectivity index (χ2v) is 6.19. The summed E-state index contributed by atoms with van der Waals surface area (Å²) in [5.74, 6) is -0.676. The average Bonchev–Trinajstić information content (AvgIpc) is 3.00. The summed E-state index contributed by atoms with van der Waals surface area (Å²) in [6.07, 6.45) is 3.87. The number of carbonyl (C=O) groups is 1. The molecule has 1 aliphatic heterocycles. The number of allylic oxidation sites excluding steroid dienone is 2. The molecule has 1 fully saturated rings. The first-order valence-corrected chi connectivity index (χ1v) is 9.50. The Kier molecular flexibility index (Phi) is 9.49. The van der Waals surface area contributed by atoms with E-state index in [0.717, 1.165) is 12.4 Å². The van der Waals surface area contributed by atoms with Gasteiger partial charge in [0.2, 0.25) is 0 Å². The van der Waals surface area contributed by atoms with Gasteiger partial charge in [-0.2, -0.15) is 10.2 Å². The predicted molar refractivity (Wildman–Crippen MR) is 117 cm³/mol. The zero-order chi connectivity index (χ0) is 21.8. The van der Waals surface area contributed by atoms with Crippen molar-refractivity contribution in [2.75, 3.05) is 38.3 Å². The second-order valence-electron chi connectivity index (χ2n) is 6.19. The van der Waals surface area contributed by atoms with Crippen LogP contribution in [0.2, 0.25) is 0 Å². The van der Waals surface area contributed by atoms with Gasteiger partial charge in [-0.05, 0) is 25.3 Å². The van der Waals surface area contributed by atoms with E-state index >= 15 is 0 Å². The van der Waals surface area contributed by atoms with Gasteiger partial charge >= 0.3 is 0 Å². The first kappa shape index (κ1) is 23.0. The lowest BCUT2D eigenvalue weighted by Crippen LogP contribution is -2.35. The Morgan fingerprint density at radius 1 is 1.37 bits per heavy atom. The summed E-state index contributed by atoms with van der Waals surface area (Å²) in [7, 11) is 0. The quantitative estimate of drug-likeness (QED) is 0.478. The number of benzene rings is 1. The van der Waals surface area contributed by atoms with Crippen molar-refractivity contribution in [1.29, 1.82) is 5.41 Å². The maximum absolute atomic E-state index is 13.9. The minimum absolute atomic E-state index is 0.139. The summed E-state index contributed by atoms with van der Waals surface area (Å²) in [6.45, 7) is 6.83. The van der Waals surface area contributed by atoms with Crippen molar-refractivity contribution in [1.82, 2.24) is 9.96 Å². The number of aliphatic imine (C=N–C) groups is 2. The molecule has 1 amide bonds. The Morgan fingerprint density at radius 2 is 2.17 bits per heavy atom. The molecule has 160 valence electrons. The normalized spacial score (nSPS) is 16.4. The molecule has 1 saturated heterocycles. The highest BCUT2D eigenvalue weighted by Gasteiger charge is 2.22. The summed E-state index contributed by atoms with van der Waals surface area (Å²) in [4.78, 5) is 27.9. The number of hydroxylamine groups is 2. The molecule has 0 aliphatic carbocycles. The molecule has 0 atom stereocenters. The number of hydrogen-bond donors (Lipinski definition) is 2. The van der Waals surface area contributed by atoms with Crippen LogP contribution in [0.4, 0.5) is 10.1 Å². The second kappa shape index (κ2) is 12.3. The monoisotopic (exact) mass is 415 g/mol. The van der Waals surface area contributed by atoms with E-state index in [1.807, 2.05) is 0 Å². The third kappa shape index (κ3) is 6.68. The van der Waals surface area contributed by atoms with E-state index in [1.165, 1.54) is 6.21 Å². The van der Waals surface area contributed by atoms with Crippen LogP contribution in [0.25, 0.3) is 0 Å². The van der Waals surface area contributed by atoms with E-state index in [2.05, 4.69) is 27.2 Å². The first-order chi connectivity index (χ1) is 14.6. The third-order valence-corrected chi connectivity index (χ3v) is 4.28. The first-order valence-electron chi connectivity index (χ1n) is 9.50. The zero-order valence-electron chi connectivity index (χ0n) is 16.9. The molecule has 2 N–H and O–H groups in total. The van der Waals surface area contributed by atoms with E-state index in [-0.39, 0.29) is 18.3 Å². The number of anilines is 1. The van der Waals surface area contributed by atoms with Crippen molar-refractivity contribution in [2.45, 2.75) is 13.3 Å². The van der Waals surface area contributed by atoms with Crippen LogP contribution in [0.5, 0.6) is 0 Å². The van der Waals surface area contributed by atoms with Crippen molar-refractivity contribution in [2.24, 2.45) is 15.1 Å². The standard InChI is InChI=1S/C20H26FN7O2/c1-3-18(23-2)17(21)14-24-15-28-11-10-27(12-13-30-28)20(29)16-6-4-5-7-19(16)26-25-9-8-22/h4-9,14,22,26H,2-3,10-13,15H2,1H3/b18-17+,22-8?,24-14-,25-9-. The molecule has 0 bridgehead atoms. The molecule has 30 heavy (non-hydrogen) atoms. The lowest BCUT2D eigenvalue weighted by molar-refractivity contribution is -0.145. The minimum Gasteiger partial charge on any atom is -0.335 e. The fourth-order valence-corrected chi connectivity index (χ4v) is 2.73. The van der Waals surface area contributed by atoms with Gasteiger partial charge in [0, 0.05) is 25.8 Å². The molecule has 0 saturated carbocycles. The van der Waals surface area contributed by atoms with E-state index in [0.29, 0.717) is 43.9 Å². The number of hydrogen-bond acceptors (Lipinski definition) is 8. The van der Waals surface area contributed by atoms with E-state index in [9.17, 15) is 9.18 Å². The Balaban J connectivity index is 1.98. The molecule has 0 unspecified atom stereocenters. The van der Waals surface area contributed by atoms with Crippen LogP contribution >= 0.6 is 0 Å². The van der Waals surface area contributed by atoms with Crippen molar-refractivity contribution in [3.8, 4) is 0 Å². The molecular formula is C20H26FN7O2. The van der Waals surface area contributed by atoms with Crippen molar-refractivity contribution >= 4 is 37.0 Å². The molecule has 1 heterocycles. The molecule has 10 heteroatoms. The summed E-state index contributed by atoms with van der Waals surface area (Å²) in [6, 6.07) is 7.03. The van der Waals surface area contributed by atoms with Crippen LogP contribution in [-0.2, 0) is 4.84 Å². The van der Waals surface area contributed by atoms with Gasteiger partial charge in [0.05, 0.1) is 36.0 Å². The third-order valence-electron chi connectivity index (χ3n) is 4.28. The number of para-hydroxylation sites is 1. The minimum atomic E-state index is -0.520. The van der Waals surface area contributed by atoms with E-state index in [1.54, 1.807) is 41.2 Å². The highest BCUT2D eigenvalue weighted by atomic mass is 19.1. The summed E-state index contributed by atoms with van der Waals surface area (Å²) < 4.78 is 13.9. The largest absolute Gasteiger partial charge is 0.335 e. The number of halogens is 1. The molecular weight excluding hydrogens is 389 g/mol. The fraction of sp³-hybridized carbons (Fsp3) is 0.350. The average molecular weight is 415 g/mol. The number of rotatable bonds is 9. The van der Waals surface area contributed by atoms with E-state index in [4.69, 9.17) is 10.2 Å². The summed E-state index contributed by atoms with van der Waals surface area (Å²) >= 11 is 0. The maximum atomic E-state index is 13.9. The predicted octanol–water partition coefficient (Wildman–Crippen LogP) is 2.74. The number of hydrazone groups is 1. The number of amides is 1. The molecule has 1 aromatic carbocycles. The van der Waals surface area contributed by atoms with Crippen LogP contribution in [0.1, 0.15) is 23.7 Å². The number of carbonyl (C=O) groups excluding carboxylic acids is 1. The molecule has 2 rings (SSSR count). The van der Waals surface area contributed by atoms with Gasteiger partial charge < -0.3 is 10.3 Å². The van der Waals surface area contributed by atoms with Crippen molar-refractivity contribution in [3.05, 3.63) is 41.4 Å². The van der Waals surface area contributed by atoms with Gasteiger partial charge in [0.15, 0.2) is 5.83 Å². The Hall–Kier alpha value is -3.24. The number of nitrogens with one attached hydrogen (secondary N) is 2. The Labute approximate surface area is 175 Å². The van der Waals surface area contributed by atoms with Crippen LogP contribution in [0.3, 0.4) is 0 Å². The van der Waals surface area contributed by atoms with Crippen LogP contribution in [0.15, 0.2) is 50.9 Å². The van der Waals surface area contributed by atoms with Gasteiger partial charge in [-0.15, -0.1) is 0 Å². The van der Waals surface area contributed by atoms with Gasteiger partial charge in [-0.25, -0.2) is 4.39 Å². The highest BCUT2D eigenvalue weighted by Crippen LogP contribution is 2.18. The Morgan fingerprint density at radius 3 is 2.90 bits per heavy atom. The van der Waals surface area contributed by atoms with Crippen LogP contribution in [-0.4, -0.2) is 74.1 Å². The molecule has 1 aliphatic rings.